The molecule has 1 saturated heterocycles. The number of hydrogen-bond donors (Lipinski definition) is 0. The minimum Gasteiger partial charge on any atom is -0.0709 e. The average molecular weight is 644 g/mol. The van der Waals surface area contributed by atoms with Crippen LogP contribution in [0.25, 0.3) is 0 Å². The molecule has 1 aliphatic heterocycles. The third-order valence-corrected chi connectivity index (χ3v) is 34.5. The van der Waals surface area contributed by atoms with Crippen molar-refractivity contribution in [2.24, 2.45) is 47.3 Å². The van der Waals surface area contributed by atoms with Crippen molar-refractivity contribution in [1.82, 2.24) is 0 Å². The Morgan fingerprint density at radius 3 is 0.806 bits per heavy atom. The zero-order valence-corrected chi connectivity index (χ0v) is 31.9. The van der Waals surface area contributed by atoms with Gasteiger partial charge in [0, 0.05) is 17.6 Å². The summed E-state index contributed by atoms with van der Waals surface area (Å²) in [5.41, 5.74) is 0. The van der Waals surface area contributed by atoms with Gasteiger partial charge in [-0.25, -0.2) is 0 Å². The van der Waals surface area contributed by atoms with Gasteiger partial charge in [-0.3, -0.25) is 0 Å². The maximum absolute atomic E-state index is 2.35. The Hall–Kier alpha value is 1.52. The largest absolute Gasteiger partial charge is 0.0709 e. The zero-order chi connectivity index (χ0) is 26.3. The third-order valence-electron chi connectivity index (χ3n) is 12.7. The summed E-state index contributed by atoms with van der Waals surface area (Å²) < 4.78 is 2.28. The van der Waals surface area contributed by atoms with Gasteiger partial charge in [-0.05, 0) is 10.1 Å². The van der Waals surface area contributed by atoms with Crippen LogP contribution in [0.5, 0.6) is 0 Å². The van der Waals surface area contributed by atoms with Crippen LogP contribution in [0, 0.1) is 47.3 Å². The minimum absolute atomic E-state index is 0.0502. The van der Waals surface area contributed by atoms with Gasteiger partial charge in [0.25, 0.3) is 0 Å². The molecule has 0 nitrogen and oxygen atoms in total. The molecule has 1 heterocycles. The molecule has 8 saturated carbocycles. The van der Waals surface area contributed by atoms with Crippen LogP contribution in [-0.2, 0) is 0 Å². The second-order valence-corrected chi connectivity index (χ2v) is 36.5. The Balaban J connectivity index is 0.000000161. The molecule has 2 spiro atoms. The van der Waals surface area contributed by atoms with Crippen LogP contribution in [0.15, 0.2) is 0 Å². The molecule has 9 fully saturated rings. The van der Waals surface area contributed by atoms with Gasteiger partial charge in [0.15, 0.2) is 0 Å². The summed E-state index contributed by atoms with van der Waals surface area (Å²) >= 11 is 0.791. The number of rotatable bonds is 0. The van der Waals surface area contributed by atoms with Gasteiger partial charge in [-0.1, -0.05) is 67.7 Å². The first-order chi connectivity index (χ1) is 16.6. The topological polar surface area (TPSA) is 0 Å². The molecule has 6 radical (unpaired) electrons. The summed E-state index contributed by atoms with van der Waals surface area (Å²) in [6.07, 6.45) is 17.1. The van der Waals surface area contributed by atoms with Gasteiger partial charge in [0.2, 0.25) is 0 Å². The Morgan fingerprint density at radius 1 is 0.444 bits per heavy atom. The van der Waals surface area contributed by atoms with Crippen LogP contribution in [-0.4, -0.2) is 48.5 Å². The van der Waals surface area contributed by atoms with Crippen LogP contribution < -0.4 is 0 Å². The van der Waals surface area contributed by atoms with E-state index in [1.165, 1.54) is 47.3 Å². The fraction of sp³-hybridized carbons (Fsp3) is 1.00. The maximum Gasteiger partial charge on any atom is 0.0470 e. The van der Waals surface area contributed by atoms with Gasteiger partial charge >= 0.3 is 149 Å². The fourth-order valence-corrected chi connectivity index (χ4v) is 27.3. The number of hydrogen-bond acceptors (Lipinski definition) is 0. The molecule has 9 rings (SSSR count). The zero-order valence-electron chi connectivity index (χ0n) is 25.7. The SMILES string of the molecule is C1C2CC3CC1CC(C2)[C]31[Ge][C]2([Ge]1)C1CC3CC(C1)CC2C3.C[Si](C)C(C)(C)C.C[Si](C)C(C)(C)C. The van der Waals surface area contributed by atoms with Crippen molar-refractivity contribution >= 4 is 48.5 Å². The molecule has 0 aromatic rings. The van der Waals surface area contributed by atoms with Crippen molar-refractivity contribution in [3.63, 3.8) is 0 Å². The molecule has 0 unspecified atom stereocenters. The maximum atomic E-state index is 2.35. The minimum atomic E-state index is -0.0502. The van der Waals surface area contributed by atoms with E-state index in [-0.39, 0.29) is 17.6 Å². The summed E-state index contributed by atoms with van der Waals surface area (Å²) in [4.78, 5) is 0. The molecule has 0 N–H and O–H groups in total. The van der Waals surface area contributed by atoms with Gasteiger partial charge < -0.3 is 0 Å². The molecule has 9 aliphatic rings. The molecular formula is C32H58Ge2Si2. The molecule has 4 heteroatoms. The smallest absolute Gasteiger partial charge is 0.0470 e. The second-order valence-electron chi connectivity index (χ2n) is 17.1. The summed E-state index contributed by atoms with van der Waals surface area (Å²) in [7, 11) is -0.100. The van der Waals surface area contributed by atoms with Gasteiger partial charge in [-0.2, -0.15) is 0 Å². The molecule has 0 amide bonds. The van der Waals surface area contributed by atoms with Crippen molar-refractivity contribution in [3.8, 4) is 0 Å². The monoisotopic (exact) mass is 646 g/mol. The Bertz CT molecular complexity index is 659. The van der Waals surface area contributed by atoms with Crippen LogP contribution in [0.4, 0.5) is 0 Å². The first-order valence-corrected chi connectivity index (χ1v) is 25.0. The predicted octanol–water partition coefficient (Wildman–Crippen LogP) is 9.63. The van der Waals surface area contributed by atoms with Gasteiger partial charge in [0.1, 0.15) is 0 Å². The molecule has 0 aromatic carbocycles. The first kappa shape index (κ1) is 29.0. The quantitative estimate of drug-likeness (QED) is 0.231. The summed E-state index contributed by atoms with van der Waals surface area (Å²) in [6, 6.07) is 0. The summed E-state index contributed by atoms with van der Waals surface area (Å²) in [5.74, 6) is 10.0. The molecule has 202 valence electrons. The van der Waals surface area contributed by atoms with Crippen LogP contribution in [0.2, 0.25) is 42.4 Å². The molecule has 0 aromatic heterocycles. The fourth-order valence-electron chi connectivity index (χ4n) is 9.36. The molecule has 8 aliphatic carbocycles. The average Bonchev–Trinajstić information content (AvgIpc) is 2.70. The second kappa shape index (κ2) is 10.1. The summed E-state index contributed by atoms with van der Waals surface area (Å²) in [6.45, 7) is 23.2. The van der Waals surface area contributed by atoms with Crippen LogP contribution in [0.3, 0.4) is 0 Å². The van der Waals surface area contributed by atoms with Crippen LogP contribution >= 0.6 is 0 Å². The van der Waals surface area contributed by atoms with E-state index in [1.807, 2.05) is 0 Å². The van der Waals surface area contributed by atoms with E-state index in [0.717, 1.165) is 6.16 Å². The predicted molar refractivity (Wildman–Crippen MR) is 165 cm³/mol. The van der Waals surface area contributed by atoms with E-state index in [4.69, 9.17) is 0 Å². The van der Waals surface area contributed by atoms with E-state index < -0.39 is 0 Å². The first-order valence-electron chi connectivity index (χ1n) is 15.8. The van der Waals surface area contributed by atoms with Crippen molar-refractivity contribution in [1.29, 1.82) is 0 Å². The standard InChI is InChI=1S/C20H28Ge2.2C6H15Si/c1-11-3-15-5-12(1)6-16(4-11)19(15)21-20(22-19)17-7-13-2-14(9-17)10-18(20)8-13;2*1-6(2,3)7(4)5/h11-18H,1-10H2;2*1-5H3. The van der Waals surface area contributed by atoms with Crippen molar-refractivity contribution < 1.29 is 0 Å². The van der Waals surface area contributed by atoms with Gasteiger partial charge in [-0.15, -0.1) is 0 Å². The Kier molecular flexibility index (Phi) is 8.15. The van der Waals surface area contributed by atoms with Crippen molar-refractivity contribution in [3.05, 3.63) is 0 Å². The normalized spacial score (nSPS) is 47.7. The summed E-state index contributed by atoms with van der Waals surface area (Å²) in [5, 5.41) is 1.20. The van der Waals surface area contributed by atoms with Gasteiger partial charge in [0.05, 0.1) is 0 Å². The Morgan fingerprint density at radius 2 is 0.639 bits per heavy atom. The van der Waals surface area contributed by atoms with Crippen molar-refractivity contribution in [2.75, 3.05) is 0 Å². The molecule has 8 bridgehead atoms. The van der Waals surface area contributed by atoms with E-state index in [9.17, 15) is 0 Å². The van der Waals surface area contributed by atoms with E-state index >= 15 is 0 Å². The van der Waals surface area contributed by atoms with Crippen LogP contribution in [0.1, 0.15) is 106 Å². The third kappa shape index (κ3) is 5.28. The van der Waals surface area contributed by atoms with E-state index in [2.05, 4.69) is 67.7 Å². The van der Waals surface area contributed by atoms with E-state index in [1.54, 1.807) is 64.2 Å². The van der Waals surface area contributed by atoms with Crippen molar-refractivity contribution in [2.45, 2.75) is 148 Å². The van der Waals surface area contributed by atoms with E-state index in [0.29, 0.717) is 40.9 Å². The molecule has 36 heavy (non-hydrogen) atoms. The molecule has 0 atom stereocenters. The molecular weight excluding hydrogens is 586 g/mol. The Labute approximate surface area is 242 Å².